The van der Waals surface area contributed by atoms with Gasteiger partial charge in [0.1, 0.15) is 18.0 Å². The molecule has 1 aromatic rings. The van der Waals surface area contributed by atoms with Crippen LogP contribution in [0, 0.1) is 6.92 Å². The molecule has 0 bridgehead atoms. The van der Waals surface area contributed by atoms with Gasteiger partial charge in [0.2, 0.25) is 0 Å². The summed E-state index contributed by atoms with van der Waals surface area (Å²) in [7, 11) is 0. The van der Waals surface area contributed by atoms with E-state index in [1.165, 1.54) is 6.33 Å². The first kappa shape index (κ1) is 14.3. The Bertz CT molecular complexity index is 473. The number of hydrogen-bond acceptors (Lipinski definition) is 7. The number of nitrogen functional groups attached to an aromatic ring is 1. The molecule has 8 heteroatoms. The van der Waals surface area contributed by atoms with E-state index in [1.54, 1.807) is 11.8 Å². The Balaban J connectivity index is 2.02. The van der Waals surface area contributed by atoms with Gasteiger partial charge in [0.05, 0.1) is 6.61 Å². The van der Waals surface area contributed by atoms with Crippen molar-refractivity contribution < 1.29 is 9.53 Å². The van der Waals surface area contributed by atoms with Crippen LogP contribution in [0.25, 0.3) is 0 Å². The molecular formula is C12H20N6O2. The fourth-order valence-corrected chi connectivity index (χ4v) is 2.22. The van der Waals surface area contributed by atoms with Crippen LogP contribution in [0.15, 0.2) is 6.33 Å². The van der Waals surface area contributed by atoms with Gasteiger partial charge in [-0.1, -0.05) is 0 Å². The minimum atomic E-state index is -0.254. The average Bonchev–Trinajstić information content (AvgIpc) is 2.48. The molecule has 2 heterocycles. The van der Waals surface area contributed by atoms with Crippen LogP contribution in [-0.2, 0) is 4.74 Å². The maximum atomic E-state index is 11.6. The van der Waals surface area contributed by atoms with Gasteiger partial charge < -0.3 is 20.0 Å². The Labute approximate surface area is 117 Å². The molecule has 0 saturated carbocycles. The Morgan fingerprint density at radius 3 is 2.70 bits per heavy atom. The van der Waals surface area contributed by atoms with Crippen molar-refractivity contribution in [2.75, 3.05) is 43.1 Å². The number of carbonyl (C=O) groups excluding carboxylic acids is 1. The van der Waals surface area contributed by atoms with Crippen molar-refractivity contribution in [3.63, 3.8) is 0 Å². The van der Waals surface area contributed by atoms with Crippen LogP contribution in [0.4, 0.5) is 16.4 Å². The zero-order valence-corrected chi connectivity index (χ0v) is 11.8. The van der Waals surface area contributed by atoms with Crippen LogP contribution in [-0.4, -0.2) is 53.7 Å². The molecule has 1 amide bonds. The summed E-state index contributed by atoms with van der Waals surface area (Å²) < 4.78 is 5.00. The number of nitrogens with one attached hydrogen (secondary N) is 1. The van der Waals surface area contributed by atoms with Crippen molar-refractivity contribution in [2.24, 2.45) is 5.84 Å². The minimum Gasteiger partial charge on any atom is -0.450 e. The summed E-state index contributed by atoms with van der Waals surface area (Å²) in [5, 5.41) is 0. The number of nitrogens with zero attached hydrogens (tertiary/aromatic N) is 4. The zero-order chi connectivity index (χ0) is 14.5. The zero-order valence-electron chi connectivity index (χ0n) is 11.8. The predicted molar refractivity (Wildman–Crippen MR) is 75.4 cm³/mol. The number of carbonyl (C=O) groups is 1. The van der Waals surface area contributed by atoms with Gasteiger partial charge in [-0.05, 0) is 13.8 Å². The van der Waals surface area contributed by atoms with Crippen LogP contribution >= 0.6 is 0 Å². The van der Waals surface area contributed by atoms with Crippen LogP contribution in [0.1, 0.15) is 12.5 Å². The first-order chi connectivity index (χ1) is 9.67. The third kappa shape index (κ3) is 2.90. The van der Waals surface area contributed by atoms with E-state index in [1.807, 2.05) is 6.92 Å². The van der Waals surface area contributed by atoms with E-state index in [0.29, 0.717) is 38.6 Å². The third-order valence-corrected chi connectivity index (χ3v) is 3.30. The maximum Gasteiger partial charge on any atom is 0.409 e. The molecular weight excluding hydrogens is 260 g/mol. The van der Waals surface area contributed by atoms with E-state index in [4.69, 9.17) is 10.6 Å². The molecule has 1 aliphatic rings. The molecule has 0 radical (unpaired) electrons. The summed E-state index contributed by atoms with van der Waals surface area (Å²) in [6, 6.07) is 0. The van der Waals surface area contributed by atoms with Crippen molar-refractivity contribution in [2.45, 2.75) is 13.8 Å². The van der Waals surface area contributed by atoms with Gasteiger partial charge in [-0.3, -0.25) is 0 Å². The Kier molecular flexibility index (Phi) is 4.57. The molecule has 0 spiro atoms. The number of hydrogen-bond donors (Lipinski definition) is 2. The molecule has 1 fully saturated rings. The second kappa shape index (κ2) is 6.38. The lowest BCUT2D eigenvalue weighted by Crippen LogP contribution is -2.49. The Morgan fingerprint density at radius 1 is 1.40 bits per heavy atom. The van der Waals surface area contributed by atoms with E-state index in [2.05, 4.69) is 20.3 Å². The smallest absolute Gasteiger partial charge is 0.409 e. The van der Waals surface area contributed by atoms with Gasteiger partial charge in [-0.25, -0.2) is 20.6 Å². The number of piperazine rings is 1. The van der Waals surface area contributed by atoms with Crippen LogP contribution < -0.4 is 16.2 Å². The van der Waals surface area contributed by atoms with Gasteiger partial charge in [0.15, 0.2) is 0 Å². The Hall–Kier alpha value is -2.09. The lowest BCUT2D eigenvalue weighted by atomic mass is 10.2. The van der Waals surface area contributed by atoms with Crippen molar-refractivity contribution in [3.05, 3.63) is 11.9 Å². The van der Waals surface area contributed by atoms with Gasteiger partial charge >= 0.3 is 6.09 Å². The molecule has 1 aromatic heterocycles. The SMILES string of the molecule is CCOC(=O)N1CCN(c2ncnc(NN)c2C)CC1. The van der Waals surface area contributed by atoms with Crippen LogP contribution in [0.5, 0.6) is 0 Å². The molecule has 3 N–H and O–H groups in total. The van der Waals surface area contributed by atoms with Crippen molar-refractivity contribution in [3.8, 4) is 0 Å². The topological polar surface area (TPSA) is 96.6 Å². The molecule has 0 unspecified atom stereocenters. The van der Waals surface area contributed by atoms with Gasteiger partial charge in [0, 0.05) is 31.7 Å². The molecule has 110 valence electrons. The van der Waals surface area contributed by atoms with Crippen LogP contribution in [0.3, 0.4) is 0 Å². The fraction of sp³-hybridized carbons (Fsp3) is 0.583. The quantitative estimate of drug-likeness (QED) is 0.609. The molecule has 20 heavy (non-hydrogen) atoms. The second-order valence-electron chi connectivity index (χ2n) is 4.49. The van der Waals surface area contributed by atoms with Crippen molar-refractivity contribution >= 4 is 17.7 Å². The lowest BCUT2D eigenvalue weighted by Gasteiger charge is -2.35. The highest BCUT2D eigenvalue weighted by molar-refractivity contribution is 5.68. The van der Waals surface area contributed by atoms with Crippen LogP contribution in [0.2, 0.25) is 0 Å². The average molecular weight is 280 g/mol. The fourth-order valence-electron chi connectivity index (χ4n) is 2.22. The van der Waals surface area contributed by atoms with Crippen molar-refractivity contribution in [1.29, 1.82) is 0 Å². The largest absolute Gasteiger partial charge is 0.450 e. The Morgan fingerprint density at radius 2 is 2.10 bits per heavy atom. The monoisotopic (exact) mass is 280 g/mol. The first-order valence-electron chi connectivity index (χ1n) is 6.62. The summed E-state index contributed by atoms with van der Waals surface area (Å²) in [5.74, 6) is 6.87. The molecule has 0 atom stereocenters. The normalized spacial score (nSPS) is 15.2. The number of hydrazine groups is 1. The molecule has 0 aliphatic carbocycles. The minimum absolute atomic E-state index is 0.254. The number of amides is 1. The molecule has 8 nitrogen and oxygen atoms in total. The summed E-state index contributed by atoms with van der Waals surface area (Å²) in [4.78, 5) is 23.8. The van der Waals surface area contributed by atoms with E-state index >= 15 is 0 Å². The number of aromatic nitrogens is 2. The third-order valence-electron chi connectivity index (χ3n) is 3.30. The van der Waals surface area contributed by atoms with Gasteiger partial charge in [0.25, 0.3) is 0 Å². The summed E-state index contributed by atoms with van der Waals surface area (Å²) in [5.41, 5.74) is 3.46. The highest BCUT2D eigenvalue weighted by Gasteiger charge is 2.24. The molecule has 1 aliphatic heterocycles. The summed E-state index contributed by atoms with van der Waals surface area (Å²) >= 11 is 0. The summed E-state index contributed by atoms with van der Waals surface area (Å²) in [6.45, 7) is 6.78. The highest BCUT2D eigenvalue weighted by Crippen LogP contribution is 2.22. The first-order valence-corrected chi connectivity index (χ1v) is 6.62. The number of nitrogens with two attached hydrogens (primary N) is 1. The lowest BCUT2D eigenvalue weighted by molar-refractivity contribution is 0.105. The standard InChI is InChI=1S/C12H20N6O2/c1-3-20-12(19)18-6-4-17(5-7-18)11-9(2)10(16-13)14-8-15-11/h8H,3-7,13H2,1-2H3,(H,14,15,16). The van der Waals surface area contributed by atoms with E-state index < -0.39 is 0 Å². The molecule has 0 aromatic carbocycles. The van der Waals surface area contributed by atoms with E-state index in [0.717, 1.165) is 11.4 Å². The molecule has 2 rings (SSSR count). The van der Waals surface area contributed by atoms with Crippen molar-refractivity contribution in [1.82, 2.24) is 14.9 Å². The van der Waals surface area contributed by atoms with E-state index in [-0.39, 0.29) is 6.09 Å². The predicted octanol–water partition coefficient (Wildman–Crippen LogP) is 0.349. The number of rotatable bonds is 3. The molecule has 1 saturated heterocycles. The summed E-state index contributed by atoms with van der Waals surface area (Å²) in [6.07, 6.45) is 1.23. The second-order valence-corrected chi connectivity index (χ2v) is 4.49. The van der Waals surface area contributed by atoms with Gasteiger partial charge in [-0.2, -0.15) is 0 Å². The van der Waals surface area contributed by atoms with Gasteiger partial charge in [-0.15, -0.1) is 0 Å². The number of anilines is 2. The highest BCUT2D eigenvalue weighted by atomic mass is 16.6. The maximum absolute atomic E-state index is 11.6. The van der Waals surface area contributed by atoms with E-state index in [9.17, 15) is 4.79 Å². The number of ether oxygens (including phenoxy) is 1.